The van der Waals surface area contributed by atoms with Crippen LogP contribution >= 0.6 is 0 Å². The van der Waals surface area contributed by atoms with E-state index >= 15 is 0 Å². The van der Waals surface area contributed by atoms with Crippen LogP contribution in [0.3, 0.4) is 0 Å². The Balaban J connectivity index is 1.30. The highest BCUT2D eigenvalue weighted by molar-refractivity contribution is 5.97. The number of hydrogen-bond acceptors (Lipinski definition) is 4. The number of imidazole rings is 1. The summed E-state index contributed by atoms with van der Waals surface area (Å²) < 4.78 is 7.51. The van der Waals surface area contributed by atoms with Crippen LogP contribution in [-0.2, 0) is 6.54 Å². The Morgan fingerprint density at radius 1 is 1.07 bits per heavy atom. The molecule has 0 spiro atoms. The number of ether oxygens (including phenoxy) is 1. The molecule has 4 aromatic rings. The van der Waals surface area contributed by atoms with Crippen molar-refractivity contribution in [2.24, 2.45) is 0 Å². The number of H-pyrrole nitrogens is 1. The van der Waals surface area contributed by atoms with Crippen LogP contribution in [0.4, 0.5) is 0 Å². The van der Waals surface area contributed by atoms with Crippen LogP contribution in [-0.4, -0.2) is 44.5 Å². The van der Waals surface area contributed by atoms with E-state index in [0.29, 0.717) is 30.7 Å². The quantitative estimate of drug-likeness (QED) is 0.559. The van der Waals surface area contributed by atoms with Gasteiger partial charge >= 0.3 is 5.69 Å². The van der Waals surface area contributed by atoms with E-state index in [0.717, 1.165) is 16.8 Å². The molecule has 0 unspecified atom stereocenters. The number of amides is 1. The van der Waals surface area contributed by atoms with Crippen molar-refractivity contribution in [2.45, 2.75) is 12.6 Å². The van der Waals surface area contributed by atoms with Gasteiger partial charge < -0.3 is 14.6 Å². The lowest BCUT2D eigenvalue weighted by molar-refractivity contribution is 0.0178. The molecule has 7 heteroatoms. The summed E-state index contributed by atoms with van der Waals surface area (Å²) in [5.41, 5.74) is 2.85. The van der Waals surface area contributed by atoms with Crippen molar-refractivity contribution in [3.63, 3.8) is 0 Å². The summed E-state index contributed by atoms with van der Waals surface area (Å²) in [6.45, 7) is 1.54. The van der Waals surface area contributed by atoms with E-state index in [2.05, 4.69) is 9.97 Å². The molecule has 0 saturated carbocycles. The Morgan fingerprint density at radius 3 is 2.60 bits per heavy atom. The Morgan fingerprint density at radius 2 is 1.83 bits per heavy atom. The number of hydrogen-bond donors (Lipinski definition) is 1. The summed E-state index contributed by atoms with van der Waals surface area (Å²) in [4.78, 5) is 33.8. The molecule has 150 valence electrons. The third-order valence-corrected chi connectivity index (χ3v) is 5.29. The first-order valence-electron chi connectivity index (χ1n) is 9.80. The first kappa shape index (κ1) is 18.2. The molecule has 1 saturated heterocycles. The van der Waals surface area contributed by atoms with Gasteiger partial charge in [0, 0.05) is 18.0 Å². The van der Waals surface area contributed by atoms with Crippen molar-refractivity contribution in [1.29, 1.82) is 0 Å². The van der Waals surface area contributed by atoms with Gasteiger partial charge in [0.2, 0.25) is 0 Å². The molecular formula is C23H20N4O3. The average Bonchev–Trinajstić information content (AvgIpc) is 3.06. The van der Waals surface area contributed by atoms with Gasteiger partial charge in [-0.3, -0.25) is 14.3 Å². The van der Waals surface area contributed by atoms with Crippen LogP contribution in [0.5, 0.6) is 5.75 Å². The zero-order valence-electron chi connectivity index (χ0n) is 16.2. The molecule has 30 heavy (non-hydrogen) atoms. The highest BCUT2D eigenvalue weighted by atomic mass is 16.5. The minimum atomic E-state index is -0.187. The number of carbonyl (C=O) groups is 1. The molecule has 1 N–H and O–H groups in total. The minimum absolute atomic E-state index is 0.0214. The Bertz CT molecular complexity index is 1240. The van der Waals surface area contributed by atoms with Crippen molar-refractivity contribution in [2.75, 3.05) is 13.1 Å². The number of aromatic nitrogens is 3. The Labute approximate surface area is 172 Å². The topological polar surface area (TPSA) is 80.2 Å². The molecule has 7 nitrogen and oxygen atoms in total. The molecule has 1 amide bonds. The lowest BCUT2D eigenvalue weighted by Gasteiger charge is -2.39. The fourth-order valence-electron chi connectivity index (χ4n) is 3.69. The van der Waals surface area contributed by atoms with Gasteiger partial charge in [-0.05, 0) is 35.9 Å². The number of nitrogens with zero attached hydrogens (tertiary/aromatic N) is 3. The van der Waals surface area contributed by atoms with Crippen molar-refractivity contribution < 1.29 is 9.53 Å². The van der Waals surface area contributed by atoms with E-state index < -0.39 is 0 Å². The highest BCUT2D eigenvalue weighted by Crippen LogP contribution is 2.21. The second-order valence-electron chi connectivity index (χ2n) is 7.37. The maximum absolute atomic E-state index is 12.8. The summed E-state index contributed by atoms with van der Waals surface area (Å²) >= 11 is 0. The lowest BCUT2D eigenvalue weighted by Crippen LogP contribution is -2.56. The van der Waals surface area contributed by atoms with E-state index in [1.54, 1.807) is 46.1 Å². The Hall–Kier alpha value is -3.87. The number of likely N-dealkylation sites (tertiary alicyclic amines) is 1. The summed E-state index contributed by atoms with van der Waals surface area (Å²) in [6.07, 6.45) is 3.33. The van der Waals surface area contributed by atoms with Gasteiger partial charge in [0.1, 0.15) is 11.9 Å². The SMILES string of the molecule is O=C(c1ccc2c(c1)[nH]c(=O)n2Cc1ccccc1)N1CC(Oc2ccncc2)C1. The molecule has 0 radical (unpaired) electrons. The molecular weight excluding hydrogens is 380 g/mol. The fraction of sp³-hybridized carbons (Fsp3) is 0.174. The van der Waals surface area contributed by atoms with Crippen molar-refractivity contribution in [3.05, 3.63) is 94.7 Å². The van der Waals surface area contributed by atoms with Gasteiger partial charge in [-0.15, -0.1) is 0 Å². The van der Waals surface area contributed by atoms with Crippen molar-refractivity contribution >= 4 is 16.9 Å². The first-order valence-corrected chi connectivity index (χ1v) is 9.80. The standard InChI is InChI=1S/C23H20N4O3/c28-22(26-14-19(15-26)30-18-8-10-24-11-9-18)17-6-7-21-20(12-17)25-23(29)27(21)13-16-4-2-1-3-5-16/h1-12,19H,13-15H2,(H,25,29). The number of carbonyl (C=O) groups excluding carboxylic acids is 1. The normalized spacial score (nSPS) is 13.9. The molecule has 5 rings (SSSR count). The third-order valence-electron chi connectivity index (χ3n) is 5.29. The molecule has 3 heterocycles. The number of pyridine rings is 1. The summed E-state index contributed by atoms with van der Waals surface area (Å²) in [6, 6.07) is 18.8. The monoisotopic (exact) mass is 400 g/mol. The molecule has 2 aromatic carbocycles. The third kappa shape index (κ3) is 3.45. The van der Waals surface area contributed by atoms with Crippen LogP contribution in [0, 0.1) is 0 Å². The molecule has 0 aliphatic carbocycles. The summed E-state index contributed by atoms with van der Waals surface area (Å²) in [5, 5.41) is 0. The zero-order valence-corrected chi connectivity index (χ0v) is 16.2. The fourth-order valence-corrected chi connectivity index (χ4v) is 3.69. The van der Waals surface area contributed by atoms with Gasteiger partial charge in [0.25, 0.3) is 5.91 Å². The lowest BCUT2D eigenvalue weighted by atomic mass is 10.1. The highest BCUT2D eigenvalue weighted by Gasteiger charge is 2.33. The number of benzene rings is 2. The smallest absolute Gasteiger partial charge is 0.326 e. The largest absolute Gasteiger partial charge is 0.487 e. The van der Waals surface area contributed by atoms with Gasteiger partial charge in [-0.2, -0.15) is 0 Å². The zero-order chi connectivity index (χ0) is 20.5. The first-order chi connectivity index (χ1) is 14.7. The predicted octanol–water partition coefficient (Wildman–Crippen LogP) is 2.68. The maximum Gasteiger partial charge on any atom is 0.326 e. The van der Waals surface area contributed by atoms with E-state index in [9.17, 15) is 9.59 Å². The molecule has 1 aliphatic rings. The minimum Gasteiger partial charge on any atom is -0.487 e. The van der Waals surface area contributed by atoms with E-state index in [4.69, 9.17) is 4.74 Å². The Kier molecular flexibility index (Phi) is 4.55. The van der Waals surface area contributed by atoms with E-state index in [-0.39, 0.29) is 17.7 Å². The number of aromatic amines is 1. The maximum atomic E-state index is 12.8. The van der Waals surface area contributed by atoms with Crippen LogP contribution in [0.1, 0.15) is 15.9 Å². The van der Waals surface area contributed by atoms with E-state index in [1.807, 2.05) is 36.4 Å². The summed E-state index contributed by atoms with van der Waals surface area (Å²) in [7, 11) is 0. The van der Waals surface area contributed by atoms with Crippen LogP contribution in [0.25, 0.3) is 11.0 Å². The van der Waals surface area contributed by atoms with Gasteiger partial charge in [-0.25, -0.2) is 4.79 Å². The second-order valence-corrected chi connectivity index (χ2v) is 7.37. The molecule has 2 aromatic heterocycles. The number of nitrogens with one attached hydrogen (secondary N) is 1. The molecule has 0 bridgehead atoms. The second kappa shape index (κ2) is 7.51. The van der Waals surface area contributed by atoms with Crippen LogP contribution in [0.15, 0.2) is 77.9 Å². The van der Waals surface area contributed by atoms with Crippen LogP contribution in [0.2, 0.25) is 0 Å². The summed E-state index contributed by atoms with van der Waals surface area (Å²) in [5.74, 6) is 0.684. The van der Waals surface area contributed by atoms with Crippen LogP contribution < -0.4 is 10.4 Å². The van der Waals surface area contributed by atoms with Gasteiger partial charge in [0.15, 0.2) is 0 Å². The van der Waals surface area contributed by atoms with Gasteiger partial charge in [-0.1, -0.05) is 30.3 Å². The average molecular weight is 400 g/mol. The van der Waals surface area contributed by atoms with Gasteiger partial charge in [0.05, 0.1) is 30.7 Å². The van der Waals surface area contributed by atoms with E-state index in [1.165, 1.54) is 0 Å². The van der Waals surface area contributed by atoms with Crippen molar-refractivity contribution in [3.8, 4) is 5.75 Å². The molecule has 1 aliphatic heterocycles. The molecule has 1 fully saturated rings. The predicted molar refractivity (Wildman–Crippen MR) is 113 cm³/mol. The van der Waals surface area contributed by atoms with Crippen molar-refractivity contribution in [1.82, 2.24) is 19.4 Å². The number of rotatable bonds is 5. The molecule has 0 atom stereocenters. The number of fused-ring (bicyclic) bond motifs is 1.